The maximum atomic E-state index is 6.71. The monoisotopic (exact) mass is 1060 g/mol. The average Bonchev–Trinajstić information content (AvgIpc) is 3.84. The van der Waals surface area contributed by atoms with E-state index in [0.29, 0.717) is 11.5 Å². The zero-order chi connectivity index (χ0) is 46.1. The molecule has 0 unspecified atom stereocenters. The van der Waals surface area contributed by atoms with Crippen LogP contribution in [0.2, 0.25) is 0 Å². The van der Waals surface area contributed by atoms with Gasteiger partial charge in [0.05, 0.1) is 0 Å². The second-order valence-corrected chi connectivity index (χ2v) is 20.8. The standard InChI is InChI=1S/C61H57N4O.Pt/c1-40-30-58(62-38-53(40)43-20-16-21-44(31-43)59(2,3)4)65-54-25-15-14-24-51(54)52-28-27-50(37-56(52)65)66-49-23-17-22-47(36-49)63-39-64(48-34-45(60(5,6)7)33-46(35-48)61(8,9)10)55-29-26-42(32-57(55)63)41-18-12-11-13-19-41;/h11-35,38-39H,1-10H3;/q-3;. The maximum absolute atomic E-state index is 6.71. The Kier molecular flexibility index (Phi) is 11.8. The van der Waals surface area contributed by atoms with Gasteiger partial charge in [-0.05, 0) is 104 Å². The van der Waals surface area contributed by atoms with Crippen LogP contribution >= 0.6 is 0 Å². The Hall–Kier alpha value is -6.42. The van der Waals surface area contributed by atoms with E-state index in [1.807, 2.05) is 24.4 Å². The van der Waals surface area contributed by atoms with Crippen LogP contribution in [0.3, 0.4) is 0 Å². The van der Waals surface area contributed by atoms with Gasteiger partial charge in [0.25, 0.3) is 0 Å². The molecule has 0 amide bonds. The van der Waals surface area contributed by atoms with Crippen LogP contribution in [-0.2, 0) is 37.3 Å². The maximum Gasteiger partial charge on any atom is 0.135 e. The summed E-state index contributed by atoms with van der Waals surface area (Å²) in [4.78, 5) is 9.66. The number of nitrogens with zero attached hydrogens (tertiary/aromatic N) is 4. The minimum atomic E-state index is -0.0253. The van der Waals surface area contributed by atoms with Gasteiger partial charge in [-0.1, -0.05) is 153 Å². The fraction of sp³-hybridized carbons (Fsp3) is 0.213. The van der Waals surface area contributed by atoms with Crippen LogP contribution in [0.15, 0.2) is 158 Å². The van der Waals surface area contributed by atoms with Gasteiger partial charge in [0.1, 0.15) is 5.82 Å². The summed E-state index contributed by atoms with van der Waals surface area (Å²) in [7, 11) is 0. The molecule has 340 valence electrons. The fourth-order valence-electron chi connectivity index (χ4n) is 9.03. The van der Waals surface area contributed by atoms with E-state index in [1.165, 1.54) is 27.8 Å². The molecule has 0 atom stereocenters. The first-order chi connectivity index (χ1) is 31.5. The third-order valence-corrected chi connectivity index (χ3v) is 12.9. The van der Waals surface area contributed by atoms with Crippen molar-refractivity contribution in [2.24, 2.45) is 0 Å². The molecule has 0 saturated carbocycles. The van der Waals surface area contributed by atoms with Crippen LogP contribution in [0.1, 0.15) is 84.6 Å². The van der Waals surface area contributed by atoms with Crippen molar-refractivity contribution in [1.82, 2.24) is 9.55 Å². The van der Waals surface area contributed by atoms with Crippen LogP contribution in [0.5, 0.6) is 11.5 Å². The number of aryl methyl sites for hydroxylation is 1. The van der Waals surface area contributed by atoms with Crippen LogP contribution in [0.4, 0.5) is 22.7 Å². The summed E-state index contributed by atoms with van der Waals surface area (Å²) < 4.78 is 8.92. The van der Waals surface area contributed by atoms with E-state index in [4.69, 9.17) is 9.72 Å². The third-order valence-electron chi connectivity index (χ3n) is 12.9. The van der Waals surface area contributed by atoms with Gasteiger partial charge in [-0.15, -0.1) is 48.1 Å². The van der Waals surface area contributed by atoms with Gasteiger partial charge in [0, 0.05) is 66.9 Å². The second kappa shape index (κ2) is 17.3. The summed E-state index contributed by atoms with van der Waals surface area (Å²) in [6.45, 7) is 24.9. The van der Waals surface area contributed by atoms with Crippen molar-refractivity contribution in [1.29, 1.82) is 0 Å². The molecule has 0 N–H and O–H groups in total. The van der Waals surface area contributed by atoms with Crippen LogP contribution in [0.25, 0.3) is 49.9 Å². The molecule has 0 bridgehead atoms. The molecule has 10 rings (SSSR count). The molecular formula is C61H57N4OPt-3. The van der Waals surface area contributed by atoms with E-state index in [-0.39, 0.29) is 37.3 Å². The van der Waals surface area contributed by atoms with Crippen molar-refractivity contribution < 1.29 is 25.8 Å². The number of anilines is 4. The summed E-state index contributed by atoms with van der Waals surface area (Å²) in [6, 6.07) is 61.4. The first kappa shape index (κ1) is 45.7. The average molecular weight is 1060 g/mol. The Morgan fingerprint density at radius 1 is 0.522 bits per heavy atom. The molecule has 7 aromatic carbocycles. The molecule has 0 aliphatic carbocycles. The SMILES string of the molecule is Cc1cc(-n2c3[c-]c(Oc4[c-]c(N5[CH-]N(c6cc(C(C)(C)C)cc(C(C)(C)C)c6)c6ccc(-c7ccccc7)cc65)ccc4)ccc3c3ccccc32)ncc1-c1cccc(C(C)(C)C)c1.[Pt]. The molecule has 0 fully saturated rings. The predicted octanol–water partition coefficient (Wildman–Crippen LogP) is 16.5. The molecule has 5 nitrogen and oxygen atoms in total. The number of hydrogen-bond acceptors (Lipinski definition) is 4. The van der Waals surface area contributed by atoms with Crippen molar-refractivity contribution in [2.45, 2.75) is 85.5 Å². The Morgan fingerprint density at radius 2 is 1.19 bits per heavy atom. The van der Waals surface area contributed by atoms with E-state index in [9.17, 15) is 0 Å². The summed E-state index contributed by atoms with van der Waals surface area (Å²) in [5, 5.41) is 2.22. The fourth-order valence-corrected chi connectivity index (χ4v) is 9.03. The minimum absolute atomic E-state index is 0. The molecule has 3 heterocycles. The smallest absolute Gasteiger partial charge is 0.135 e. The topological polar surface area (TPSA) is 33.5 Å². The number of benzene rings is 7. The van der Waals surface area contributed by atoms with E-state index in [0.717, 1.165) is 67.1 Å². The Balaban J connectivity index is 0.00000562. The van der Waals surface area contributed by atoms with Crippen molar-refractivity contribution in [3.8, 4) is 39.6 Å². The molecule has 2 aromatic heterocycles. The number of para-hydroxylation sites is 1. The van der Waals surface area contributed by atoms with Gasteiger partial charge in [-0.3, -0.25) is 0 Å². The second-order valence-electron chi connectivity index (χ2n) is 20.8. The first-order valence-electron chi connectivity index (χ1n) is 23.0. The van der Waals surface area contributed by atoms with Crippen molar-refractivity contribution in [3.63, 3.8) is 0 Å². The van der Waals surface area contributed by atoms with Gasteiger partial charge >= 0.3 is 0 Å². The summed E-state index contributed by atoms with van der Waals surface area (Å²) >= 11 is 0. The third kappa shape index (κ3) is 8.83. The van der Waals surface area contributed by atoms with Crippen molar-refractivity contribution in [2.75, 3.05) is 9.80 Å². The van der Waals surface area contributed by atoms with Crippen LogP contribution in [0, 0.1) is 25.7 Å². The first-order valence-corrected chi connectivity index (χ1v) is 23.0. The van der Waals surface area contributed by atoms with Gasteiger partial charge in [0.2, 0.25) is 0 Å². The van der Waals surface area contributed by atoms with Crippen molar-refractivity contribution in [3.05, 3.63) is 199 Å². The van der Waals surface area contributed by atoms with Crippen molar-refractivity contribution >= 4 is 44.6 Å². The number of pyridine rings is 1. The van der Waals surface area contributed by atoms with Gasteiger partial charge in [0.15, 0.2) is 0 Å². The van der Waals surface area contributed by atoms with Crippen LogP contribution < -0.4 is 14.5 Å². The Labute approximate surface area is 411 Å². The molecule has 6 heteroatoms. The number of aromatic nitrogens is 2. The minimum Gasteiger partial charge on any atom is -0.509 e. The zero-order valence-electron chi connectivity index (χ0n) is 40.1. The number of hydrogen-bond donors (Lipinski definition) is 0. The van der Waals surface area contributed by atoms with E-state index < -0.39 is 0 Å². The quantitative estimate of drug-likeness (QED) is 0.149. The van der Waals surface area contributed by atoms with Gasteiger partial charge < -0.3 is 19.1 Å². The van der Waals surface area contributed by atoms with Crippen LogP contribution in [-0.4, -0.2) is 9.55 Å². The number of fused-ring (bicyclic) bond motifs is 4. The molecule has 0 saturated heterocycles. The summed E-state index contributed by atoms with van der Waals surface area (Å²) in [6.07, 6.45) is 2.01. The molecule has 9 aromatic rings. The number of ether oxygens (including phenoxy) is 1. The molecule has 1 aliphatic rings. The Morgan fingerprint density at radius 3 is 1.91 bits per heavy atom. The molecule has 0 radical (unpaired) electrons. The predicted molar refractivity (Wildman–Crippen MR) is 276 cm³/mol. The molecular weight excluding hydrogens is 1000 g/mol. The zero-order valence-corrected chi connectivity index (χ0v) is 42.4. The molecule has 67 heavy (non-hydrogen) atoms. The molecule has 1 aliphatic heterocycles. The van der Waals surface area contributed by atoms with E-state index >= 15 is 0 Å². The molecule has 0 spiro atoms. The number of rotatable bonds is 7. The van der Waals surface area contributed by atoms with E-state index in [2.05, 4.69) is 236 Å². The van der Waals surface area contributed by atoms with Gasteiger partial charge in [-0.25, -0.2) is 4.98 Å². The largest absolute Gasteiger partial charge is 0.509 e. The Bertz CT molecular complexity index is 3260. The van der Waals surface area contributed by atoms with Gasteiger partial charge in [-0.2, -0.15) is 12.1 Å². The summed E-state index contributed by atoms with van der Waals surface area (Å²) in [5.74, 6) is 2.03. The van der Waals surface area contributed by atoms with E-state index in [1.54, 1.807) is 0 Å². The normalized spacial score (nSPS) is 13.0. The summed E-state index contributed by atoms with van der Waals surface area (Å²) in [5.41, 5.74) is 15.8.